The van der Waals surface area contributed by atoms with Crippen LogP contribution in [0.5, 0.6) is 5.75 Å². The molecule has 3 rings (SSSR count). The number of nitrogens with one attached hydrogen (secondary N) is 1. The Bertz CT molecular complexity index is 837. The van der Waals surface area contributed by atoms with E-state index in [9.17, 15) is 4.79 Å². The number of aromatic nitrogens is 1. The number of carbonyl (C=O) groups excluding carboxylic acids is 1. The van der Waals surface area contributed by atoms with Gasteiger partial charge in [-0.15, -0.1) is 0 Å². The highest BCUT2D eigenvalue weighted by molar-refractivity contribution is 5.86. The SMILES string of the molecule is COc1ccc2c(c1)c(CNC(=O)CCc1ccccc1)cn2C. The van der Waals surface area contributed by atoms with Crippen LogP contribution in [0.4, 0.5) is 0 Å². The number of ether oxygens (including phenoxy) is 1. The van der Waals surface area contributed by atoms with Crippen LogP contribution >= 0.6 is 0 Å². The van der Waals surface area contributed by atoms with Gasteiger partial charge in [-0.1, -0.05) is 30.3 Å². The molecule has 0 aliphatic rings. The van der Waals surface area contributed by atoms with Crippen LogP contribution in [0.15, 0.2) is 54.7 Å². The third-order valence-electron chi connectivity index (χ3n) is 4.24. The molecule has 0 bridgehead atoms. The summed E-state index contributed by atoms with van der Waals surface area (Å²) in [6, 6.07) is 16.1. The second kappa shape index (κ2) is 7.21. The van der Waals surface area contributed by atoms with Crippen molar-refractivity contribution < 1.29 is 9.53 Å². The smallest absolute Gasteiger partial charge is 0.220 e. The highest BCUT2D eigenvalue weighted by Gasteiger charge is 2.09. The molecule has 0 aliphatic heterocycles. The Hall–Kier alpha value is -2.75. The third kappa shape index (κ3) is 3.59. The number of benzene rings is 2. The summed E-state index contributed by atoms with van der Waals surface area (Å²) < 4.78 is 7.37. The van der Waals surface area contributed by atoms with Gasteiger partial charge in [0.25, 0.3) is 0 Å². The number of rotatable bonds is 6. The van der Waals surface area contributed by atoms with E-state index in [0.717, 1.165) is 28.6 Å². The fourth-order valence-electron chi connectivity index (χ4n) is 2.91. The molecular formula is C20H22N2O2. The number of hydrogen-bond donors (Lipinski definition) is 1. The molecule has 0 radical (unpaired) electrons. The first-order valence-corrected chi connectivity index (χ1v) is 8.10. The van der Waals surface area contributed by atoms with Gasteiger partial charge in [-0.2, -0.15) is 0 Å². The first-order valence-electron chi connectivity index (χ1n) is 8.10. The van der Waals surface area contributed by atoms with Crippen LogP contribution in [-0.4, -0.2) is 17.6 Å². The van der Waals surface area contributed by atoms with Crippen molar-refractivity contribution in [2.75, 3.05) is 7.11 Å². The summed E-state index contributed by atoms with van der Waals surface area (Å²) in [5.74, 6) is 0.893. The summed E-state index contributed by atoms with van der Waals surface area (Å²) >= 11 is 0. The molecule has 0 aliphatic carbocycles. The average molecular weight is 322 g/mol. The van der Waals surface area contributed by atoms with E-state index in [2.05, 4.69) is 16.1 Å². The minimum atomic E-state index is 0.0683. The molecule has 1 N–H and O–H groups in total. The van der Waals surface area contributed by atoms with Crippen LogP contribution in [-0.2, 0) is 24.8 Å². The summed E-state index contributed by atoms with van der Waals surface area (Å²) in [6.07, 6.45) is 3.32. The number of carbonyl (C=O) groups is 1. The van der Waals surface area contributed by atoms with Gasteiger partial charge in [0.15, 0.2) is 0 Å². The van der Waals surface area contributed by atoms with E-state index in [-0.39, 0.29) is 5.91 Å². The van der Waals surface area contributed by atoms with Gasteiger partial charge in [0, 0.05) is 37.1 Å². The van der Waals surface area contributed by atoms with E-state index in [4.69, 9.17) is 4.74 Å². The van der Waals surface area contributed by atoms with Gasteiger partial charge >= 0.3 is 0 Å². The van der Waals surface area contributed by atoms with Gasteiger partial charge < -0.3 is 14.6 Å². The Morgan fingerprint density at radius 1 is 1.17 bits per heavy atom. The predicted octanol–water partition coefficient (Wildman–Crippen LogP) is 3.44. The lowest BCUT2D eigenvalue weighted by atomic mass is 10.1. The number of nitrogens with zero attached hydrogens (tertiary/aromatic N) is 1. The molecule has 0 fully saturated rings. The van der Waals surface area contributed by atoms with Crippen molar-refractivity contribution >= 4 is 16.8 Å². The monoisotopic (exact) mass is 322 g/mol. The second-order valence-electron chi connectivity index (χ2n) is 5.91. The lowest BCUT2D eigenvalue weighted by Crippen LogP contribution is -2.22. The Balaban J connectivity index is 1.63. The molecule has 1 heterocycles. The molecule has 2 aromatic carbocycles. The molecule has 124 valence electrons. The summed E-state index contributed by atoms with van der Waals surface area (Å²) in [4.78, 5) is 12.1. The molecule has 0 saturated heterocycles. The first-order chi connectivity index (χ1) is 11.7. The van der Waals surface area contributed by atoms with Crippen LogP contribution < -0.4 is 10.1 Å². The van der Waals surface area contributed by atoms with Crippen LogP contribution in [0.25, 0.3) is 10.9 Å². The summed E-state index contributed by atoms with van der Waals surface area (Å²) in [5, 5.41) is 4.13. The molecule has 0 atom stereocenters. The van der Waals surface area contributed by atoms with Crippen LogP contribution in [0.1, 0.15) is 17.5 Å². The number of hydrogen-bond acceptors (Lipinski definition) is 2. The maximum Gasteiger partial charge on any atom is 0.220 e. The fourth-order valence-corrected chi connectivity index (χ4v) is 2.91. The van der Waals surface area contributed by atoms with E-state index in [1.54, 1.807) is 7.11 Å². The summed E-state index contributed by atoms with van der Waals surface area (Å²) in [7, 11) is 3.67. The largest absolute Gasteiger partial charge is 0.497 e. The van der Waals surface area contributed by atoms with Gasteiger partial charge in [0.05, 0.1) is 7.11 Å². The molecular weight excluding hydrogens is 300 g/mol. The van der Waals surface area contributed by atoms with Gasteiger partial charge in [-0.05, 0) is 35.7 Å². The van der Waals surface area contributed by atoms with E-state index < -0.39 is 0 Å². The highest BCUT2D eigenvalue weighted by atomic mass is 16.5. The Morgan fingerprint density at radius 3 is 2.71 bits per heavy atom. The third-order valence-corrected chi connectivity index (χ3v) is 4.24. The van der Waals surface area contributed by atoms with Crippen molar-refractivity contribution in [1.82, 2.24) is 9.88 Å². The zero-order valence-electron chi connectivity index (χ0n) is 14.1. The van der Waals surface area contributed by atoms with E-state index >= 15 is 0 Å². The maximum atomic E-state index is 12.1. The van der Waals surface area contributed by atoms with Crippen molar-refractivity contribution in [3.05, 3.63) is 65.9 Å². The van der Waals surface area contributed by atoms with Crippen LogP contribution in [0.3, 0.4) is 0 Å². The van der Waals surface area contributed by atoms with Gasteiger partial charge in [0.2, 0.25) is 5.91 Å². The standard InChI is InChI=1S/C20H22N2O2/c1-22-14-16(18-12-17(24-2)9-10-19(18)22)13-21-20(23)11-8-15-6-4-3-5-7-15/h3-7,9-10,12,14H,8,11,13H2,1-2H3,(H,21,23). The number of amides is 1. The number of methoxy groups -OCH3 is 1. The Kier molecular flexibility index (Phi) is 4.85. The van der Waals surface area contributed by atoms with Gasteiger partial charge in [-0.25, -0.2) is 0 Å². The van der Waals surface area contributed by atoms with Crippen molar-refractivity contribution in [3.63, 3.8) is 0 Å². The fraction of sp³-hybridized carbons (Fsp3) is 0.250. The molecule has 0 saturated carbocycles. The minimum Gasteiger partial charge on any atom is -0.497 e. The van der Waals surface area contributed by atoms with E-state index in [0.29, 0.717) is 13.0 Å². The zero-order valence-corrected chi connectivity index (χ0v) is 14.1. The van der Waals surface area contributed by atoms with Crippen LogP contribution in [0, 0.1) is 0 Å². The average Bonchev–Trinajstić information content (AvgIpc) is 2.94. The van der Waals surface area contributed by atoms with Gasteiger partial charge in [0.1, 0.15) is 5.75 Å². The summed E-state index contributed by atoms with van der Waals surface area (Å²) in [5.41, 5.74) is 3.41. The molecule has 4 heteroatoms. The summed E-state index contributed by atoms with van der Waals surface area (Å²) in [6.45, 7) is 0.526. The van der Waals surface area contributed by atoms with E-state index in [1.165, 1.54) is 5.56 Å². The predicted molar refractivity (Wildman–Crippen MR) is 96.1 cm³/mol. The lowest BCUT2D eigenvalue weighted by Gasteiger charge is -2.05. The van der Waals surface area contributed by atoms with E-state index in [1.807, 2.05) is 55.6 Å². The Morgan fingerprint density at radius 2 is 1.96 bits per heavy atom. The highest BCUT2D eigenvalue weighted by Crippen LogP contribution is 2.25. The van der Waals surface area contributed by atoms with Crippen molar-refractivity contribution in [2.24, 2.45) is 7.05 Å². The molecule has 4 nitrogen and oxygen atoms in total. The molecule has 24 heavy (non-hydrogen) atoms. The molecule has 1 aromatic heterocycles. The molecule has 1 amide bonds. The number of fused-ring (bicyclic) bond motifs is 1. The topological polar surface area (TPSA) is 43.3 Å². The lowest BCUT2D eigenvalue weighted by molar-refractivity contribution is -0.121. The molecule has 0 spiro atoms. The van der Waals surface area contributed by atoms with Gasteiger partial charge in [-0.3, -0.25) is 4.79 Å². The quantitative estimate of drug-likeness (QED) is 0.755. The zero-order chi connectivity index (χ0) is 16.9. The Labute approximate surface area is 142 Å². The minimum absolute atomic E-state index is 0.0683. The first kappa shape index (κ1) is 16.1. The molecule has 0 unspecified atom stereocenters. The maximum absolute atomic E-state index is 12.1. The van der Waals surface area contributed by atoms with Crippen molar-refractivity contribution in [1.29, 1.82) is 0 Å². The van der Waals surface area contributed by atoms with Crippen molar-refractivity contribution in [3.8, 4) is 5.75 Å². The normalized spacial score (nSPS) is 10.8. The second-order valence-corrected chi connectivity index (χ2v) is 5.91. The van der Waals surface area contributed by atoms with Crippen molar-refractivity contribution in [2.45, 2.75) is 19.4 Å². The van der Waals surface area contributed by atoms with Crippen LogP contribution in [0.2, 0.25) is 0 Å². The number of aryl methyl sites for hydroxylation is 2. The molecule has 3 aromatic rings.